The fraction of sp³-hybridized carbons (Fsp3) is 0.273. The van der Waals surface area contributed by atoms with Crippen molar-refractivity contribution in [1.82, 2.24) is 4.98 Å². The molecular formula is C22H24N2O. The lowest BCUT2D eigenvalue weighted by molar-refractivity contribution is -0.116. The SMILES string of the molecule is CCCCC(CC(=O)Nc1cccc2cccnc12)c1ccccc1. The zero-order valence-electron chi connectivity index (χ0n) is 14.6. The molecule has 3 rings (SSSR count). The largest absolute Gasteiger partial charge is 0.324 e. The highest BCUT2D eigenvalue weighted by Gasteiger charge is 2.16. The lowest BCUT2D eigenvalue weighted by atomic mass is 9.90. The number of unbranched alkanes of at least 4 members (excludes halogenated alkanes) is 1. The second kappa shape index (κ2) is 8.43. The maximum absolute atomic E-state index is 12.7. The quantitative estimate of drug-likeness (QED) is 0.617. The van der Waals surface area contributed by atoms with E-state index in [9.17, 15) is 4.79 Å². The molecule has 0 bridgehead atoms. The average molecular weight is 332 g/mol. The van der Waals surface area contributed by atoms with Gasteiger partial charge in [-0.15, -0.1) is 0 Å². The summed E-state index contributed by atoms with van der Waals surface area (Å²) in [6.45, 7) is 2.18. The van der Waals surface area contributed by atoms with E-state index in [4.69, 9.17) is 0 Å². The van der Waals surface area contributed by atoms with Crippen LogP contribution >= 0.6 is 0 Å². The highest BCUT2D eigenvalue weighted by Crippen LogP contribution is 2.27. The van der Waals surface area contributed by atoms with Gasteiger partial charge < -0.3 is 5.32 Å². The number of rotatable bonds is 7. The van der Waals surface area contributed by atoms with Crippen LogP contribution in [0.15, 0.2) is 66.9 Å². The fourth-order valence-corrected chi connectivity index (χ4v) is 3.19. The molecule has 25 heavy (non-hydrogen) atoms. The topological polar surface area (TPSA) is 42.0 Å². The van der Waals surface area contributed by atoms with Gasteiger partial charge in [-0.3, -0.25) is 9.78 Å². The van der Waals surface area contributed by atoms with Crippen LogP contribution in [0.2, 0.25) is 0 Å². The highest BCUT2D eigenvalue weighted by atomic mass is 16.1. The summed E-state index contributed by atoms with van der Waals surface area (Å²) in [6, 6.07) is 20.1. The molecule has 1 aromatic heterocycles. The first-order valence-corrected chi connectivity index (χ1v) is 8.96. The summed E-state index contributed by atoms with van der Waals surface area (Å²) in [5.41, 5.74) is 2.86. The third kappa shape index (κ3) is 4.44. The summed E-state index contributed by atoms with van der Waals surface area (Å²) in [7, 11) is 0. The molecule has 0 aliphatic carbocycles. The van der Waals surface area contributed by atoms with Crippen molar-refractivity contribution in [2.24, 2.45) is 0 Å². The van der Waals surface area contributed by atoms with Crippen LogP contribution in [0.5, 0.6) is 0 Å². The standard InChI is InChI=1S/C22H24N2O/c1-2-3-9-19(17-10-5-4-6-11-17)16-21(25)24-20-14-7-12-18-13-8-15-23-22(18)20/h4-8,10-15,19H,2-3,9,16H2,1H3,(H,24,25). The summed E-state index contributed by atoms with van der Waals surface area (Å²) < 4.78 is 0. The first kappa shape index (κ1) is 17.2. The second-order valence-corrected chi connectivity index (χ2v) is 6.38. The Labute approximate surface area is 149 Å². The van der Waals surface area contributed by atoms with Crippen molar-refractivity contribution in [2.45, 2.75) is 38.5 Å². The summed E-state index contributed by atoms with van der Waals surface area (Å²) in [6.07, 6.45) is 5.54. The molecule has 1 heterocycles. The summed E-state index contributed by atoms with van der Waals surface area (Å²) in [5, 5.41) is 4.09. The molecule has 0 saturated carbocycles. The van der Waals surface area contributed by atoms with Gasteiger partial charge in [0.2, 0.25) is 5.91 Å². The van der Waals surface area contributed by atoms with E-state index in [1.54, 1.807) is 6.20 Å². The molecule has 128 valence electrons. The zero-order valence-corrected chi connectivity index (χ0v) is 14.6. The molecule has 0 spiro atoms. The van der Waals surface area contributed by atoms with Gasteiger partial charge in [-0.1, -0.05) is 68.3 Å². The third-order valence-corrected chi connectivity index (χ3v) is 4.52. The molecule has 3 aromatic rings. The van der Waals surface area contributed by atoms with Crippen LogP contribution in [-0.2, 0) is 4.79 Å². The van der Waals surface area contributed by atoms with Crippen LogP contribution in [0.25, 0.3) is 10.9 Å². The van der Waals surface area contributed by atoms with Crippen molar-refractivity contribution in [1.29, 1.82) is 0 Å². The van der Waals surface area contributed by atoms with Crippen molar-refractivity contribution in [2.75, 3.05) is 5.32 Å². The van der Waals surface area contributed by atoms with Gasteiger partial charge in [-0.05, 0) is 30.0 Å². The van der Waals surface area contributed by atoms with Crippen LogP contribution in [0, 0.1) is 0 Å². The molecule has 1 unspecified atom stereocenters. The van der Waals surface area contributed by atoms with Gasteiger partial charge in [-0.2, -0.15) is 0 Å². The number of carbonyl (C=O) groups excluding carboxylic acids is 1. The molecule has 3 heteroatoms. The predicted molar refractivity (Wildman–Crippen MR) is 104 cm³/mol. The molecule has 1 amide bonds. The lowest BCUT2D eigenvalue weighted by Crippen LogP contribution is -2.16. The number of hydrogen-bond donors (Lipinski definition) is 1. The maximum atomic E-state index is 12.7. The summed E-state index contributed by atoms with van der Waals surface area (Å²) in [5.74, 6) is 0.298. The maximum Gasteiger partial charge on any atom is 0.225 e. The van der Waals surface area contributed by atoms with Crippen LogP contribution in [0.3, 0.4) is 0 Å². The molecule has 3 nitrogen and oxygen atoms in total. The van der Waals surface area contributed by atoms with E-state index in [0.717, 1.165) is 35.9 Å². The van der Waals surface area contributed by atoms with Crippen molar-refractivity contribution in [3.63, 3.8) is 0 Å². The average Bonchev–Trinajstić information content (AvgIpc) is 2.66. The van der Waals surface area contributed by atoms with Gasteiger partial charge in [0.25, 0.3) is 0 Å². The number of carbonyl (C=O) groups is 1. The fourth-order valence-electron chi connectivity index (χ4n) is 3.19. The van der Waals surface area contributed by atoms with Gasteiger partial charge in [0.15, 0.2) is 0 Å². The number of para-hydroxylation sites is 1. The van der Waals surface area contributed by atoms with Crippen LogP contribution < -0.4 is 5.32 Å². The van der Waals surface area contributed by atoms with E-state index in [0.29, 0.717) is 6.42 Å². The van der Waals surface area contributed by atoms with Crippen molar-refractivity contribution >= 4 is 22.5 Å². The minimum atomic E-state index is 0.0445. The Hall–Kier alpha value is -2.68. The second-order valence-electron chi connectivity index (χ2n) is 6.38. The van der Waals surface area contributed by atoms with Gasteiger partial charge in [0.1, 0.15) is 0 Å². The Morgan fingerprint density at radius 1 is 1.04 bits per heavy atom. The minimum Gasteiger partial charge on any atom is -0.324 e. The van der Waals surface area contributed by atoms with Crippen LogP contribution in [0.4, 0.5) is 5.69 Å². The number of aromatic nitrogens is 1. The van der Waals surface area contributed by atoms with Crippen LogP contribution in [-0.4, -0.2) is 10.9 Å². The summed E-state index contributed by atoms with van der Waals surface area (Å²) >= 11 is 0. The highest BCUT2D eigenvalue weighted by molar-refractivity contribution is 6.00. The van der Waals surface area contributed by atoms with Crippen molar-refractivity contribution in [3.8, 4) is 0 Å². The molecule has 1 atom stereocenters. The smallest absolute Gasteiger partial charge is 0.225 e. The Morgan fingerprint density at radius 3 is 2.64 bits per heavy atom. The van der Waals surface area contributed by atoms with E-state index >= 15 is 0 Å². The molecule has 1 N–H and O–H groups in total. The molecule has 0 radical (unpaired) electrons. The number of pyridine rings is 1. The van der Waals surface area contributed by atoms with Gasteiger partial charge in [0.05, 0.1) is 11.2 Å². The third-order valence-electron chi connectivity index (χ3n) is 4.52. The number of benzene rings is 2. The Balaban J connectivity index is 1.75. The number of nitrogens with zero attached hydrogens (tertiary/aromatic N) is 1. The van der Waals surface area contributed by atoms with Crippen molar-refractivity contribution in [3.05, 3.63) is 72.4 Å². The first-order chi connectivity index (χ1) is 12.3. The first-order valence-electron chi connectivity index (χ1n) is 8.96. The summed E-state index contributed by atoms with van der Waals surface area (Å²) in [4.78, 5) is 17.1. The Bertz CT molecular complexity index is 824. The molecule has 0 aliphatic heterocycles. The molecule has 0 fully saturated rings. The van der Waals surface area contributed by atoms with Gasteiger partial charge >= 0.3 is 0 Å². The monoisotopic (exact) mass is 332 g/mol. The van der Waals surface area contributed by atoms with Gasteiger partial charge in [-0.25, -0.2) is 0 Å². The number of anilines is 1. The molecule has 2 aromatic carbocycles. The number of fused-ring (bicyclic) bond motifs is 1. The molecule has 0 saturated heterocycles. The van der Waals surface area contributed by atoms with E-state index in [1.165, 1.54) is 5.56 Å². The van der Waals surface area contributed by atoms with E-state index in [1.807, 2.05) is 48.5 Å². The minimum absolute atomic E-state index is 0.0445. The van der Waals surface area contributed by atoms with Crippen molar-refractivity contribution < 1.29 is 4.79 Å². The zero-order chi connectivity index (χ0) is 17.5. The predicted octanol–water partition coefficient (Wildman–Crippen LogP) is 5.54. The lowest BCUT2D eigenvalue weighted by Gasteiger charge is -2.17. The Kier molecular flexibility index (Phi) is 5.78. The molecule has 0 aliphatic rings. The molecular weight excluding hydrogens is 308 g/mol. The van der Waals surface area contributed by atoms with E-state index in [-0.39, 0.29) is 11.8 Å². The van der Waals surface area contributed by atoms with E-state index < -0.39 is 0 Å². The number of nitrogens with one attached hydrogen (secondary N) is 1. The van der Waals surface area contributed by atoms with Crippen LogP contribution in [0.1, 0.15) is 44.1 Å². The number of amides is 1. The normalized spacial score (nSPS) is 12.0. The number of hydrogen-bond acceptors (Lipinski definition) is 2. The van der Waals surface area contributed by atoms with E-state index in [2.05, 4.69) is 29.4 Å². The Morgan fingerprint density at radius 2 is 1.84 bits per heavy atom. The van der Waals surface area contributed by atoms with Gasteiger partial charge in [0, 0.05) is 18.0 Å².